The number of aromatic nitrogens is 2. The molecule has 1 aromatic heterocycles. The zero-order chi connectivity index (χ0) is 14.5. The van der Waals surface area contributed by atoms with E-state index in [1.54, 1.807) is 12.4 Å². The van der Waals surface area contributed by atoms with Crippen LogP contribution in [-0.2, 0) is 4.79 Å². The second-order valence-electron chi connectivity index (χ2n) is 5.30. The molecule has 20 heavy (non-hydrogen) atoms. The number of halogens is 1. The highest BCUT2D eigenvalue weighted by Crippen LogP contribution is 2.30. The molecule has 6 heteroatoms. The normalized spacial score (nSPS) is 22.5. The van der Waals surface area contributed by atoms with E-state index in [0.29, 0.717) is 5.92 Å². The van der Waals surface area contributed by atoms with Crippen LogP contribution in [0.25, 0.3) is 0 Å². The monoisotopic (exact) mass is 341 g/mol. The molecule has 1 N–H and O–H groups in total. The van der Waals surface area contributed by atoms with E-state index < -0.39 is 5.97 Å². The maximum atomic E-state index is 11.0. The van der Waals surface area contributed by atoms with Gasteiger partial charge in [0.2, 0.25) is 5.95 Å². The molecule has 0 bridgehead atoms. The summed E-state index contributed by atoms with van der Waals surface area (Å²) in [6.45, 7) is 3.86. The number of carboxylic acids is 1. The molecule has 0 saturated heterocycles. The fourth-order valence-electron chi connectivity index (χ4n) is 2.72. The number of carboxylic acid groups (broad SMARTS) is 1. The van der Waals surface area contributed by atoms with Crippen LogP contribution in [0, 0.1) is 11.8 Å². The number of rotatable bonds is 5. The lowest BCUT2D eigenvalue weighted by Gasteiger charge is -2.31. The van der Waals surface area contributed by atoms with Gasteiger partial charge in [0.15, 0.2) is 0 Å². The quantitative estimate of drug-likeness (QED) is 0.891. The van der Waals surface area contributed by atoms with Crippen molar-refractivity contribution in [1.82, 2.24) is 9.97 Å². The van der Waals surface area contributed by atoms with Crippen LogP contribution in [0.4, 0.5) is 5.95 Å². The maximum absolute atomic E-state index is 11.0. The molecule has 0 amide bonds. The van der Waals surface area contributed by atoms with Crippen LogP contribution in [0.15, 0.2) is 16.9 Å². The molecule has 1 heterocycles. The van der Waals surface area contributed by atoms with Crippen molar-refractivity contribution in [2.75, 3.05) is 18.0 Å². The fourth-order valence-corrected chi connectivity index (χ4v) is 2.93. The molecule has 0 atom stereocenters. The van der Waals surface area contributed by atoms with Gasteiger partial charge >= 0.3 is 5.97 Å². The van der Waals surface area contributed by atoms with Crippen molar-refractivity contribution in [2.45, 2.75) is 32.6 Å². The van der Waals surface area contributed by atoms with Crippen molar-refractivity contribution in [2.24, 2.45) is 11.8 Å². The summed E-state index contributed by atoms with van der Waals surface area (Å²) in [6, 6.07) is 0. The van der Waals surface area contributed by atoms with Crippen molar-refractivity contribution >= 4 is 27.8 Å². The predicted molar refractivity (Wildman–Crippen MR) is 80.7 cm³/mol. The Kier molecular flexibility index (Phi) is 5.34. The van der Waals surface area contributed by atoms with Gasteiger partial charge in [-0.2, -0.15) is 0 Å². The molecule has 0 aliphatic heterocycles. The summed E-state index contributed by atoms with van der Waals surface area (Å²) in [5.74, 6) is 0.492. The van der Waals surface area contributed by atoms with E-state index in [4.69, 9.17) is 5.11 Å². The number of carbonyl (C=O) groups is 1. The molecule has 1 aliphatic rings. The Hall–Kier alpha value is -1.17. The Morgan fingerprint density at radius 2 is 1.95 bits per heavy atom. The zero-order valence-electron chi connectivity index (χ0n) is 11.6. The Bertz CT molecular complexity index is 444. The van der Waals surface area contributed by atoms with Gasteiger partial charge in [0.25, 0.3) is 0 Å². The number of hydrogen-bond donors (Lipinski definition) is 1. The van der Waals surface area contributed by atoms with Gasteiger partial charge in [0.1, 0.15) is 0 Å². The first-order valence-corrected chi connectivity index (χ1v) is 7.84. The third-order valence-electron chi connectivity index (χ3n) is 3.95. The topological polar surface area (TPSA) is 66.3 Å². The number of anilines is 1. The summed E-state index contributed by atoms with van der Waals surface area (Å²) in [5.41, 5.74) is 0. The number of nitrogens with zero attached hydrogens (tertiary/aromatic N) is 3. The largest absolute Gasteiger partial charge is 0.481 e. The van der Waals surface area contributed by atoms with Crippen LogP contribution in [0.1, 0.15) is 32.6 Å². The highest BCUT2D eigenvalue weighted by Gasteiger charge is 2.27. The SMILES string of the molecule is CCN(CC1CCC(C(=O)O)CC1)c1ncc(Br)cn1. The van der Waals surface area contributed by atoms with E-state index in [9.17, 15) is 4.79 Å². The molecule has 1 aromatic rings. The molecular weight excluding hydrogens is 322 g/mol. The summed E-state index contributed by atoms with van der Waals surface area (Å²) in [4.78, 5) is 21.8. The molecule has 110 valence electrons. The summed E-state index contributed by atoms with van der Waals surface area (Å²) in [7, 11) is 0. The molecule has 1 fully saturated rings. The van der Waals surface area contributed by atoms with E-state index in [2.05, 4.69) is 37.7 Å². The van der Waals surface area contributed by atoms with Crippen LogP contribution in [-0.4, -0.2) is 34.1 Å². The fraction of sp³-hybridized carbons (Fsp3) is 0.643. The molecule has 0 unspecified atom stereocenters. The van der Waals surface area contributed by atoms with Crippen LogP contribution in [0.5, 0.6) is 0 Å². The average molecular weight is 342 g/mol. The Morgan fingerprint density at radius 1 is 1.35 bits per heavy atom. The first-order valence-electron chi connectivity index (χ1n) is 7.05. The van der Waals surface area contributed by atoms with Crippen molar-refractivity contribution in [3.8, 4) is 0 Å². The zero-order valence-corrected chi connectivity index (χ0v) is 13.2. The molecular formula is C14H20BrN3O2. The van der Waals surface area contributed by atoms with Gasteiger partial charge in [-0.15, -0.1) is 0 Å². The van der Waals surface area contributed by atoms with Gasteiger partial charge in [-0.1, -0.05) is 0 Å². The number of aliphatic carboxylic acids is 1. The molecule has 1 aliphatic carbocycles. The highest BCUT2D eigenvalue weighted by molar-refractivity contribution is 9.10. The van der Waals surface area contributed by atoms with E-state index in [1.807, 2.05) is 0 Å². The molecule has 5 nitrogen and oxygen atoms in total. The van der Waals surface area contributed by atoms with Gasteiger partial charge in [0.05, 0.1) is 10.4 Å². The van der Waals surface area contributed by atoms with Gasteiger partial charge in [-0.05, 0) is 54.5 Å². The van der Waals surface area contributed by atoms with Crippen molar-refractivity contribution < 1.29 is 9.90 Å². The van der Waals surface area contributed by atoms with Crippen LogP contribution >= 0.6 is 15.9 Å². The summed E-state index contributed by atoms with van der Waals surface area (Å²) < 4.78 is 0.874. The van der Waals surface area contributed by atoms with Gasteiger partial charge in [-0.3, -0.25) is 4.79 Å². The van der Waals surface area contributed by atoms with Crippen molar-refractivity contribution in [3.05, 3.63) is 16.9 Å². The van der Waals surface area contributed by atoms with Crippen LogP contribution in [0.3, 0.4) is 0 Å². The number of hydrogen-bond acceptors (Lipinski definition) is 4. The predicted octanol–water partition coefficient (Wildman–Crippen LogP) is 2.96. The summed E-state index contributed by atoms with van der Waals surface area (Å²) in [6.07, 6.45) is 7.05. The first kappa shape index (κ1) is 15.2. The minimum absolute atomic E-state index is 0.148. The van der Waals surface area contributed by atoms with Crippen molar-refractivity contribution in [1.29, 1.82) is 0 Å². The third kappa shape index (κ3) is 3.91. The van der Waals surface area contributed by atoms with Gasteiger partial charge in [-0.25, -0.2) is 9.97 Å². The maximum Gasteiger partial charge on any atom is 0.306 e. The van der Waals surface area contributed by atoms with E-state index in [0.717, 1.165) is 49.2 Å². The molecule has 2 rings (SSSR count). The lowest BCUT2D eigenvalue weighted by Crippen LogP contribution is -2.33. The molecule has 1 saturated carbocycles. The molecule has 0 aromatic carbocycles. The highest BCUT2D eigenvalue weighted by atomic mass is 79.9. The molecule has 0 spiro atoms. The smallest absolute Gasteiger partial charge is 0.306 e. The first-order chi connectivity index (χ1) is 9.60. The standard InChI is InChI=1S/C14H20BrN3O2/c1-2-18(14-16-7-12(15)8-17-14)9-10-3-5-11(6-4-10)13(19)20/h7-8,10-11H,2-6,9H2,1H3,(H,19,20). The minimum atomic E-state index is -0.646. The Labute approximate surface area is 127 Å². The molecule has 0 radical (unpaired) electrons. The lowest BCUT2D eigenvalue weighted by molar-refractivity contribution is -0.143. The van der Waals surface area contributed by atoms with E-state index in [1.165, 1.54) is 0 Å². The van der Waals surface area contributed by atoms with E-state index in [-0.39, 0.29) is 5.92 Å². The second-order valence-corrected chi connectivity index (χ2v) is 6.21. The minimum Gasteiger partial charge on any atom is -0.481 e. The average Bonchev–Trinajstić information content (AvgIpc) is 2.46. The van der Waals surface area contributed by atoms with Gasteiger partial charge < -0.3 is 10.0 Å². The van der Waals surface area contributed by atoms with Crippen LogP contribution in [0.2, 0.25) is 0 Å². The Balaban J connectivity index is 1.91. The summed E-state index contributed by atoms with van der Waals surface area (Å²) >= 11 is 3.34. The van der Waals surface area contributed by atoms with Gasteiger partial charge in [0, 0.05) is 25.5 Å². The Morgan fingerprint density at radius 3 is 2.45 bits per heavy atom. The van der Waals surface area contributed by atoms with Crippen molar-refractivity contribution in [3.63, 3.8) is 0 Å². The summed E-state index contributed by atoms with van der Waals surface area (Å²) in [5, 5.41) is 9.02. The second kappa shape index (κ2) is 7.02. The third-order valence-corrected chi connectivity index (χ3v) is 4.36. The van der Waals surface area contributed by atoms with Crippen LogP contribution < -0.4 is 4.90 Å². The van der Waals surface area contributed by atoms with E-state index >= 15 is 0 Å². The lowest BCUT2D eigenvalue weighted by atomic mass is 9.82.